The third-order valence-corrected chi connectivity index (χ3v) is 2.68. The maximum atomic E-state index is 5.68. The summed E-state index contributed by atoms with van der Waals surface area (Å²) in [5.74, 6) is 1.15. The summed E-state index contributed by atoms with van der Waals surface area (Å²) >= 11 is 0. The first-order valence-electron chi connectivity index (χ1n) is 6.08. The first-order chi connectivity index (χ1) is 9.24. The number of pyridine rings is 1. The molecule has 0 radical (unpaired) electrons. The molecular formula is C16H16N2O. The van der Waals surface area contributed by atoms with Crippen molar-refractivity contribution in [3.63, 3.8) is 0 Å². The van der Waals surface area contributed by atoms with Gasteiger partial charge in [-0.25, -0.2) is 0 Å². The van der Waals surface area contributed by atoms with Crippen LogP contribution in [0.25, 0.3) is 12.2 Å². The lowest BCUT2D eigenvalue weighted by molar-refractivity contribution is 0.339. The van der Waals surface area contributed by atoms with E-state index in [0.717, 1.165) is 16.3 Å². The third kappa shape index (κ3) is 3.07. The van der Waals surface area contributed by atoms with Gasteiger partial charge in [0.1, 0.15) is 11.5 Å². The zero-order valence-electron chi connectivity index (χ0n) is 11.0. The van der Waals surface area contributed by atoms with Gasteiger partial charge in [-0.05, 0) is 24.3 Å². The van der Waals surface area contributed by atoms with E-state index in [1.807, 2.05) is 25.1 Å². The molecule has 1 aromatic rings. The Morgan fingerprint density at radius 1 is 1.47 bits per heavy atom. The Hall–Kier alpha value is -2.42. The summed E-state index contributed by atoms with van der Waals surface area (Å²) in [6, 6.07) is 3.92. The van der Waals surface area contributed by atoms with Crippen molar-refractivity contribution in [2.45, 2.75) is 13.3 Å². The lowest BCUT2D eigenvalue weighted by Gasteiger charge is -2.08. The van der Waals surface area contributed by atoms with Crippen LogP contribution in [0.2, 0.25) is 0 Å². The number of nitrogens with zero attached hydrogens (tertiary/aromatic N) is 2. The van der Waals surface area contributed by atoms with Gasteiger partial charge in [-0.2, -0.15) is 0 Å². The van der Waals surface area contributed by atoms with Crippen LogP contribution in [0.3, 0.4) is 0 Å². The Morgan fingerprint density at radius 2 is 2.32 bits per heavy atom. The lowest BCUT2D eigenvalue weighted by Crippen LogP contribution is -2.27. The van der Waals surface area contributed by atoms with Gasteiger partial charge in [-0.1, -0.05) is 25.3 Å². The van der Waals surface area contributed by atoms with Crippen molar-refractivity contribution in [1.29, 1.82) is 0 Å². The van der Waals surface area contributed by atoms with Crippen LogP contribution in [0.15, 0.2) is 59.8 Å². The monoisotopic (exact) mass is 252 g/mol. The van der Waals surface area contributed by atoms with E-state index in [1.54, 1.807) is 18.5 Å². The van der Waals surface area contributed by atoms with Gasteiger partial charge in [0.05, 0.1) is 11.0 Å². The fourth-order valence-electron chi connectivity index (χ4n) is 1.84. The maximum Gasteiger partial charge on any atom is 0.148 e. The van der Waals surface area contributed by atoms with Crippen molar-refractivity contribution in [1.82, 2.24) is 4.98 Å². The molecule has 3 nitrogen and oxygen atoms in total. The summed E-state index contributed by atoms with van der Waals surface area (Å²) in [4.78, 5) is 8.66. The Bertz CT molecular complexity index is 681. The van der Waals surface area contributed by atoms with Crippen molar-refractivity contribution < 1.29 is 4.74 Å². The standard InChI is InChI=1S/C16H16N2O/c1-4-16-14(17-5-2)9-8-13-7-6-10-18-15(13)11-12(3)19-16/h4-8,10-11H,1,3,9H2,2H3/b13-8-,15-11+,16-14+,17-5?. The smallest absolute Gasteiger partial charge is 0.148 e. The van der Waals surface area contributed by atoms with Crippen LogP contribution in [0.4, 0.5) is 0 Å². The largest absolute Gasteiger partial charge is 0.456 e. The minimum Gasteiger partial charge on any atom is -0.456 e. The number of ether oxygens (including phenoxy) is 1. The van der Waals surface area contributed by atoms with Gasteiger partial charge < -0.3 is 4.74 Å². The van der Waals surface area contributed by atoms with Gasteiger partial charge in [0.25, 0.3) is 0 Å². The average molecular weight is 252 g/mol. The molecule has 0 N–H and O–H groups in total. The molecule has 19 heavy (non-hydrogen) atoms. The minimum atomic E-state index is 0.522. The molecule has 2 rings (SSSR count). The molecule has 3 heteroatoms. The predicted octanol–water partition coefficient (Wildman–Crippen LogP) is 2.06. The Balaban J connectivity index is 2.62. The molecule has 0 fully saturated rings. The predicted molar refractivity (Wildman–Crippen MR) is 78.6 cm³/mol. The van der Waals surface area contributed by atoms with Gasteiger partial charge in [0.2, 0.25) is 0 Å². The van der Waals surface area contributed by atoms with Gasteiger partial charge in [0.15, 0.2) is 0 Å². The van der Waals surface area contributed by atoms with Gasteiger partial charge in [-0.3, -0.25) is 9.98 Å². The molecule has 0 saturated heterocycles. The maximum absolute atomic E-state index is 5.68. The quantitative estimate of drug-likeness (QED) is 0.755. The van der Waals surface area contributed by atoms with Crippen molar-refractivity contribution in [2.24, 2.45) is 4.99 Å². The van der Waals surface area contributed by atoms with Crippen LogP contribution in [0.1, 0.15) is 13.3 Å². The fraction of sp³-hybridized carbons (Fsp3) is 0.125. The highest BCUT2D eigenvalue weighted by molar-refractivity contribution is 5.56. The second-order valence-electron chi connectivity index (χ2n) is 4.00. The van der Waals surface area contributed by atoms with Crippen LogP contribution >= 0.6 is 0 Å². The number of aliphatic imine (C=N–C) groups is 1. The van der Waals surface area contributed by atoms with Crippen LogP contribution in [-0.2, 0) is 4.74 Å². The van der Waals surface area contributed by atoms with E-state index in [1.165, 1.54) is 0 Å². The van der Waals surface area contributed by atoms with E-state index in [9.17, 15) is 0 Å². The highest BCUT2D eigenvalue weighted by Crippen LogP contribution is 2.17. The highest BCUT2D eigenvalue weighted by atomic mass is 16.5. The molecule has 0 aromatic carbocycles. The van der Waals surface area contributed by atoms with Gasteiger partial charge in [0, 0.05) is 24.9 Å². The SMILES string of the molecule is C=C/C1=C(\N=CC)C/C=c2/cccn/c2=C/C(=C)O1. The molecule has 0 bridgehead atoms. The van der Waals surface area contributed by atoms with Gasteiger partial charge >= 0.3 is 0 Å². The zero-order chi connectivity index (χ0) is 13.7. The van der Waals surface area contributed by atoms with Crippen molar-refractivity contribution in [3.05, 3.63) is 65.3 Å². The molecule has 1 aliphatic rings. The van der Waals surface area contributed by atoms with Crippen LogP contribution in [0.5, 0.6) is 0 Å². The summed E-state index contributed by atoms with van der Waals surface area (Å²) in [5, 5.41) is 1.89. The zero-order valence-corrected chi connectivity index (χ0v) is 11.0. The van der Waals surface area contributed by atoms with Crippen molar-refractivity contribution in [2.75, 3.05) is 0 Å². The highest BCUT2D eigenvalue weighted by Gasteiger charge is 2.06. The molecule has 0 unspecified atom stereocenters. The van der Waals surface area contributed by atoms with Crippen molar-refractivity contribution >= 4 is 18.4 Å². The van der Waals surface area contributed by atoms with Crippen LogP contribution in [-0.4, -0.2) is 11.2 Å². The van der Waals surface area contributed by atoms with Crippen LogP contribution < -0.4 is 10.6 Å². The molecule has 2 heterocycles. The van der Waals surface area contributed by atoms with E-state index in [4.69, 9.17) is 4.74 Å². The summed E-state index contributed by atoms with van der Waals surface area (Å²) in [6.07, 6.45) is 9.69. The fourth-order valence-corrected chi connectivity index (χ4v) is 1.84. The van der Waals surface area contributed by atoms with Gasteiger partial charge in [-0.15, -0.1) is 0 Å². The molecular weight excluding hydrogens is 236 g/mol. The van der Waals surface area contributed by atoms with E-state index < -0.39 is 0 Å². The minimum absolute atomic E-state index is 0.522. The molecule has 1 aliphatic heterocycles. The third-order valence-electron chi connectivity index (χ3n) is 2.68. The first kappa shape index (κ1) is 13.0. The number of aromatic nitrogens is 1. The Labute approximate surface area is 112 Å². The van der Waals surface area contributed by atoms with Crippen LogP contribution in [0, 0.1) is 0 Å². The number of rotatable bonds is 2. The molecule has 1 aromatic heterocycles. The topological polar surface area (TPSA) is 34.5 Å². The second kappa shape index (κ2) is 5.96. The number of fused-ring (bicyclic) bond motifs is 1. The summed E-state index contributed by atoms with van der Waals surface area (Å²) < 4.78 is 5.68. The molecule has 96 valence electrons. The molecule has 0 saturated carbocycles. The van der Waals surface area contributed by atoms with E-state index >= 15 is 0 Å². The lowest BCUT2D eigenvalue weighted by atomic mass is 10.2. The molecule has 0 amide bonds. The first-order valence-corrected chi connectivity index (χ1v) is 6.08. The number of hydrogen-bond acceptors (Lipinski definition) is 3. The molecule has 0 spiro atoms. The molecule has 0 atom stereocenters. The summed E-state index contributed by atoms with van der Waals surface area (Å²) in [5.41, 5.74) is 0.823. The summed E-state index contributed by atoms with van der Waals surface area (Å²) in [6.45, 7) is 9.52. The normalized spacial score (nSPS) is 22.9. The second-order valence-corrected chi connectivity index (χ2v) is 4.00. The van der Waals surface area contributed by atoms with E-state index in [0.29, 0.717) is 17.9 Å². The van der Waals surface area contributed by atoms with E-state index in [-0.39, 0.29) is 0 Å². The summed E-state index contributed by atoms with van der Waals surface area (Å²) in [7, 11) is 0. The van der Waals surface area contributed by atoms with E-state index in [2.05, 4.69) is 29.2 Å². The number of allylic oxidation sites excluding steroid dienone is 3. The Morgan fingerprint density at radius 3 is 3.05 bits per heavy atom. The average Bonchev–Trinajstić information content (AvgIpc) is 2.48. The number of hydrogen-bond donors (Lipinski definition) is 0. The van der Waals surface area contributed by atoms with Crippen molar-refractivity contribution in [3.8, 4) is 0 Å². The molecule has 0 aliphatic carbocycles. The Kier molecular flexibility index (Phi) is 4.08.